The van der Waals surface area contributed by atoms with Crippen molar-refractivity contribution in [3.8, 4) is 0 Å². The third-order valence-electron chi connectivity index (χ3n) is 16.8. The number of amides is 10. The maximum atomic E-state index is 13.9. The molecule has 2 heterocycles. The summed E-state index contributed by atoms with van der Waals surface area (Å²) in [4.78, 5) is 120. The van der Waals surface area contributed by atoms with Gasteiger partial charge in [-0.05, 0) is 112 Å². The van der Waals surface area contributed by atoms with Gasteiger partial charge in [0.15, 0.2) is 6.10 Å². The fourth-order valence-corrected chi connectivity index (χ4v) is 11.8. The van der Waals surface area contributed by atoms with E-state index in [4.69, 9.17) is 11.5 Å². The summed E-state index contributed by atoms with van der Waals surface area (Å²) in [6.45, 7) is 33.5. The molecule has 11 atom stereocenters. The predicted molar refractivity (Wildman–Crippen MR) is 316 cm³/mol. The number of Topliss-reactive ketones (excluding diaryl/α,β-unsaturated/α-hetero) is 1. The number of hydrogen-bond acceptors (Lipinski definition) is 10. The van der Waals surface area contributed by atoms with E-state index in [0.717, 1.165) is 38.5 Å². The number of primary amides is 2. The molecule has 11 N–H and O–H groups in total. The molecule has 0 spiro atoms. The number of aliphatic hydroxyl groups is 1. The Hall–Kier alpha value is -3.70. The molecule has 0 bridgehead atoms. The topological polar surface area (TPSA) is 305 Å². The number of nitrogens with one attached hydrogen (secondary N) is 6. The Labute approximate surface area is 499 Å². The van der Waals surface area contributed by atoms with Crippen molar-refractivity contribution in [2.75, 3.05) is 13.1 Å². The van der Waals surface area contributed by atoms with Crippen molar-refractivity contribution in [2.24, 2.45) is 68.6 Å². The van der Waals surface area contributed by atoms with E-state index in [9.17, 15) is 48.3 Å². The first-order valence-corrected chi connectivity index (χ1v) is 28.9. The molecule has 22 heteroatoms. The van der Waals surface area contributed by atoms with Crippen molar-refractivity contribution in [2.45, 2.75) is 223 Å². The van der Waals surface area contributed by atoms with Crippen LogP contribution in [0.25, 0.3) is 0 Å². The summed E-state index contributed by atoms with van der Waals surface area (Å²) in [7, 11) is 0. The maximum Gasteiger partial charge on any atom is 0.315 e. The van der Waals surface area contributed by atoms with Crippen molar-refractivity contribution in [3.63, 3.8) is 0 Å². The molecule has 455 valence electrons. The third-order valence-corrected chi connectivity index (χ3v) is 16.8. The Morgan fingerprint density at radius 3 is 1.27 bits per heavy atom. The zero-order valence-electron chi connectivity index (χ0n) is 49.6. The van der Waals surface area contributed by atoms with E-state index in [2.05, 4.69) is 82.2 Å². The van der Waals surface area contributed by atoms with Gasteiger partial charge in [-0.3, -0.25) is 38.0 Å². The van der Waals surface area contributed by atoms with Gasteiger partial charge in [0.05, 0.1) is 12.1 Å². The molecule has 2 saturated heterocycles. The van der Waals surface area contributed by atoms with Crippen LogP contribution in [0, 0.1) is 61.6 Å². The van der Waals surface area contributed by atoms with Crippen LogP contribution in [-0.2, 0) is 52.1 Å². The standard InChI is InChI=1S/C27H47N5O5.C27H45N5O5.C2H4I.V.6H2/c2*1-25(2,3)20(30-24(37)31-26(4,5)6)23(36)32-13-15-17(27(15,7)8)18(32)22(35)29-16(19(33)21(28)34)12-14-10-9-11-14;1-2-3;;;;;;;/h14-20,33H,9-13H2,1-8H3,(H2,28,34)(H,29,35)(H2,30,31,37);14-18,20H,9-13H2,1-8H3,(H2,28,34)(H,29,35)(H2,30,31,37);2H,1H3;;6*1H/q;;-1;;;;;;;/t15-,16?,17-,18-,19?,20+;15-,16?,17-,18-,20+;;;;;;;;/m00......../s1. The first-order valence-electron chi connectivity index (χ1n) is 27.7. The molecule has 6 fully saturated rings. The summed E-state index contributed by atoms with van der Waals surface area (Å²) in [6.07, 6.45) is 5.34. The van der Waals surface area contributed by atoms with Crippen LogP contribution in [0.15, 0.2) is 0 Å². The Kier molecular flexibility index (Phi) is 22.9. The number of hydrogen-bond donors (Lipinski definition) is 9. The molecule has 4 saturated carbocycles. The molecule has 3 unspecified atom stereocenters. The Morgan fingerprint density at radius 2 is 0.974 bits per heavy atom. The molecule has 1 radical (unpaired) electrons. The molecule has 20 nitrogen and oxygen atoms in total. The first-order chi connectivity index (χ1) is 35.1. The number of ketones is 1. The van der Waals surface area contributed by atoms with Crippen molar-refractivity contribution >= 4 is 75.9 Å². The maximum absolute atomic E-state index is 13.9. The number of nitrogens with two attached hydrogens (primary N) is 2. The van der Waals surface area contributed by atoms with Gasteiger partial charge >= 0.3 is 12.1 Å². The van der Waals surface area contributed by atoms with E-state index in [1.54, 1.807) is 9.80 Å². The van der Waals surface area contributed by atoms with E-state index < -0.39 is 99.8 Å². The Morgan fingerprint density at radius 1 is 0.628 bits per heavy atom. The molecular formula is C56H108IN10O10V-. The molecule has 78 heavy (non-hydrogen) atoms. The van der Waals surface area contributed by atoms with Crippen LogP contribution in [-0.4, -0.2) is 135 Å². The Bertz CT molecular complexity index is 2240. The van der Waals surface area contributed by atoms with Crippen LogP contribution in [0.3, 0.4) is 0 Å². The zero-order chi connectivity index (χ0) is 58.9. The van der Waals surface area contributed by atoms with Gasteiger partial charge in [0.25, 0.3) is 5.91 Å². The number of halogens is 1. The monoisotopic (exact) mass is 1260 g/mol. The van der Waals surface area contributed by atoms with Crippen LogP contribution in [0.1, 0.15) is 178 Å². The van der Waals surface area contributed by atoms with Crippen molar-refractivity contribution in [1.29, 1.82) is 0 Å². The van der Waals surface area contributed by atoms with Crippen LogP contribution in [0.2, 0.25) is 0 Å². The van der Waals surface area contributed by atoms with E-state index in [1.165, 1.54) is 0 Å². The largest absolute Gasteiger partial charge is 0.381 e. The van der Waals surface area contributed by atoms with Crippen LogP contribution in [0.4, 0.5) is 9.59 Å². The number of nitrogens with zero attached hydrogens (tertiary/aromatic N) is 2. The predicted octanol–water partition coefficient (Wildman–Crippen LogP) is 6.29. The summed E-state index contributed by atoms with van der Waals surface area (Å²) in [5, 5.41) is 27.5. The fraction of sp³-hybridized carbons (Fsp3) is 0.821. The SMILES string of the molecule is CC(C)(C)NC(=O)N[C@H](C(=O)N1C[C@H]2[C@@H]([C@H]1C(=O)NC(CC1CCC1)C(=O)C(N)=O)C2(C)C)C(C)(C)C.CC(C)(C)NC(=O)N[C@H](C(=O)N1C[C@H]2[C@@H]([C@H]1C(=O)NC(CC1CCC1)C(O)C(N)=O)C2(C)C)C(C)(C)C.C[CH-]I.[HH].[HH].[HH].[HH].[HH].[HH].[V]. The molecule has 6 aliphatic rings. The van der Waals surface area contributed by atoms with Crippen LogP contribution in [0.5, 0.6) is 0 Å². The Balaban J connectivity index is -0.000000674. The summed E-state index contributed by atoms with van der Waals surface area (Å²) in [6, 6.07) is -5.99. The normalized spacial score (nSPS) is 25.6. The van der Waals surface area contributed by atoms with E-state index in [0.29, 0.717) is 31.8 Å². The average Bonchev–Trinajstić information content (AvgIpc) is 3.69. The first kappa shape index (κ1) is 68.6. The van der Waals surface area contributed by atoms with Gasteiger partial charge in [-0.1, -0.05) is 108 Å². The molecule has 10 amide bonds. The second-order valence-electron chi connectivity index (χ2n) is 28.1. The minimum absolute atomic E-state index is 0. The van der Waals surface area contributed by atoms with Crippen LogP contribution < -0.4 is 43.4 Å². The number of piperidine rings is 2. The summed E-state index contributed by atoms with van der Waals surface area (Å²) < 4.78 is 1.97. The van der Waals surface area contributed by atoms with Crippen molar-refractivity contribution in [3.05, 3.63) is 4.43 Å². The minimum atomic E-state index is -1.50. The van der Waals surface area contributed by atoms with Gasteiger partial charge in [-0.15, -0.1) is 0 Å². The molecule has 4 aliphatic carbocycles. The van der Waals surface area contributed by atoms with E-state index >= 15 is 0 Å². The fourth-order valence-electron chi connectivity index (χ4n) is 11.8. The van der Waals surface area contributed by atoms with Crippen molar-refractivity contribution < 1.29 is 75.4 Å². The summed E-state index contributed by atoms with van der Waals surface area (Å²) >= 11 is 2.16. The van der Waals surface area contributed by atoms with Gasteiger partial charge in [-0.25, -0.2) is 9.59 Å². The minimum Gasteiger partial charge on any atom is -0.381 e. The number of carbonyl (C=O) groups excluding carboxylic acids is 9. The van der Waals surface area contributed by atoms with E-state index in [1.807, 2.05) is 94.4 Å². The smallest absolute Gasteiger partial charge is 0.315 e. The number of likely N-dealkylation sites (tertiary alicyclic amines) is 2. The second kappa shape index (κ2) is 26.0. The average molecular weight is 1260 g/mol. The summed E-state index contributed by atoms with van der Waals surface area (Å²) in [5.74, 6) is -3.50. The third kappa shape index (κ3) is 17.2. The second-order valence-corrected chi connectivity index (χ2v) is 29.4. The number of carbonyl (C=O) groups is 9. The van der Waals surface area contributed by atoms with Crippen molar-refractivity contribution in [1.82, 2.24) is 41.7 Å². The quantitative estimate of drug-likeness (QED) is 0.0473. The van der Waals surface area contributed by atoms with Crippen LogP contribution >= 0.6 is 22.6 Å². The molecule has 0 aromatic heterocycles. The molecule has 6 rings (SSSR count). The number of rotatable bonds is 16. The number of urea groups is 2. The molecule has 0 aromatic carbocycles. The zero-order valence-corrected chi connectivity index (χ0v) is 53.2. The van der Waals surface area contributed by atoms with Gasteiger partial charge in [0, 0.05) is 51.3 Å². The number of fused-ring (bicyclic) bond motifs is 2. The number of aliphatic hydroxyl groups excluding tert-OH is 1. The summed E-state index contributed by atoms with van der Waals surface area (Å²) in [5.41, 5.74) is 8.23. The molecule has 0 aromatic rings. The van der Waals surface area contributed by atoms with Gasteiger partial charge in [0.1, 0.15) is 24.2 Å². The van der Waals surface area contributed by atoms with Gasteiger partial charge < -0.3 is 80.9 Å². The molecular weight excluding hydrogens is 1150 g/mol. The molecule has 2 aliphatic heterocycles. The van der Waals surface area contributed by atoms with Gasteiger partial charge in [0.2, 0.25) is 35.3 Å². The van der Waals surface area contributed by atoms with Gasteiger partial charge in [-0.2, -0.15) is 6.92 Å². The van der Waals surface area contributed by atoms with E-state index in [-0.39, 0.29) is 85.3 Å².